The first-order valence-electron chi connectivity index (χ1n) is 7.24. The van der Waals surface area contributed by atoms with Crippen LogP contribution in [0.15, 0.2) is 0 Å². The molecule has 0 atom stereocenters. The highest BCUT2D eigenvalue weighted by Gasteiger charge is 2.14. The van der Waals surface area contributed by atoms with E-state index in [-0.39, 0.29) is 5.75 Å². The van der Waals surface area contributed by atoms with Gasteiger partial charge in [0.25, 0.3) is 0 Å². The summed E-state index contributed by atoms with van der Waals surface area (Å²) >= 11 is 0. The van der Waals surface area contributed by atoms with Crippen LogP contribution in [0.5, 0.6) is 0 Å². The summed E-state index contributed by atoms with van der Waals surface area (Å²) in [5.41, 5.74) is 0. The van der Waals surface area contributed by atoms with Gasteiger partial charge in [-0.2, -0.15) is 0 Å². The van der Waals surface area contributed by atoms with Gasteiger partial charge in [-0.1, -0.05) is 6.92 Å². The van der Waals surface area contributed by atoms with Gasteiger partial charge in [0.2, 0.25) is 10.0 Å². The Kier molecular flexibility index (Phi) is 9.60. The minimum atomic E-state index is -3.15. The van der Waals surface area contributed by atoms with Gasteiger partial charge in [0.1, 0.15) is 0 Å². The van der Waals surface area contributed by atoms with Crippen molar-refractivity contribution in [2.45, 2.75) is 53.1 Å². The average molecular weight is 293 g/mol. The Morgan fingerprint density at radius 3 is 2.05 bits per heavy atom. The molecule has 2 N–H and O–H groups in total. The topological polar surface area (TPSA) is 61.4 Å². The van der Waals surface area contributed by atoms with Crippen LogP contribution in [0.3, 0.4) is 0 Å². The molecule has 0 saturated carbocycles. The second kappa shape index (κ2) is 9.69. The predicted octanol–water partition coefficient (Wildman–Crippen LogP) is 1.02. The van der Waals surface area contributed by atoms with Gasteiger partial charge in [-0.25, -0.2) is 13.1 Å². The van der Waals surface area contributed by atoms with Gasteiger partial charge < -0.3 is 5.32 Å². The monoisotopic (exact) mass is 293 g/mol. The molecule has 0 aromatic rings. The summed E-state index contributed by atoms with van der Waals surface area (Å²) in [4.78, 5) is 2.28. The average Bonchev–Trinajstić information content (AvgIpc) is 2.29. The van der Waals surface area contributed by atoms with Crippen molar-refractivity contribution in [2.75, 3.05) is 31.9 Å². The van der Waals surface area contributed by atoms with E-state index in [1.807, 2.05) is 0 Å². The fraction of sp³-hybridized carbons (Fsp3) is 1.00. The summed E-state index contributed by atoms with van der Waals surface area (Å²) in [6, 6.07) is 0.853. The van der Waals surface area contributed by atoms with Gasteiger partial charge in [-0.05, 0) is 40.7 Å². The van der Waals surface area contributed by atoms with E-state index in [0.29, 0.717) is 25.2 Å². The van der Waals surface area contributed by atoms with Gasteiger partial charge in [0.05, 0.1) is 5.75 Å². The molecule has 0 heterocycles. The van der Waals surface area contributed by atoms with Crippen molar-refractivity contribution in [3.05, 3.63) is 0 Å². The van der Waals surface area contributed by atoms with Crippen molar-refractivity contribution in [3.63, 3.8) is 0 Å². The summed E-state index contributed by atoms with van der Waals surface area (Å²) in [7, 11) is -3.15. The molecule has 116 valence electrons. The first-order chi connectivity index (χ1) is 8.80. The SMILES string of the molecule is CCCNCCS(=O)(=O)NCCN(C(C)C)C(C)C. The molecule has 0 aliphatic carbocycles. The van der Waals surface area contributed by atoms with Gasteiger partial charge in [-0.15, -0.1) is 0 Å². The van der Waals surface area contributed by atoms with E-state index in [0.717, 1.165) is 19.5 Å². The summed E-state index contributed by atoms with van der Waals surface area (Å²) in [5, 5.41) is 3.10. The van der Waals surface area contributed by atoms with Gasteiger partial charge in [0.15, 0.2) is 0 Å². The molecule has 5 nitrogen and oxygen atoms in total. The number of nitrogens with one attached hydrogen (secondary N) is 2. The molecule has 0 aromatic carbocycles. The quantitative estimate of drug-likeness (QED) is 0.559. The van der Waals surface area contributed by atoms with Crippen molar-refractivity contribution >= 4 is 10.0 Å². The summed E-state index contributed by atoms with van der Waals surface area (Å²) in [5.74, 6) is 0.149. The maximum Gasteiger partial charge on any atom is 0.212 e. The lowest BCUT2D eigenvalue weighted by Gasteiger charge is -2.30. The third-order valence-corrected chi connectivity index (χ3v) is 4.38. The maximum atomic E-state index is 11.7. The predicted molar refractivity (Wildman–Crippen MR) is 81.9 cm³/mol. The summed E-state index contributed by atoms with van der Waals surface area (Å²) < 4.78 is 26.2. The van der Waals surface area contributed by atoms with Crippen molar-refractivity contribution in [1.82, 2.24) is 14.9 Å². The van der Waals surface area contributed by atoms with Crippen molar-refractivity contribution in [2.24, 2.45) is 0 Å². The molecular weight excluding hydrogens is 262 g/mol. The van der Waals surface area contributed by atoms with Gasteiger partial charge in [0, 0.05) is 31.7 Å². The Bertz CT molecular complexity index is 308. The largest absolute Gasteiger partial charge is 0.316 e. The molecule has 0 saturated heterocycles. The summed E-state index contributed by atoms with van der Waals surface area (Å²) in [6.07, 6.45) is 1.02. The van der Waals surface area contributed by atoms with E-state index in [1.54, 1.807) is 0 Å². The molecular formula is C13H31N3O2S. The lowest BCUT2D eigenvalue weighted by molar-refractivity contribution is 0.179. The minimum absolute atomic E-state index is 0.149. The van der Waals surface area contributed by atoms with Crippen LogP contribution in [0.2, 0.25) is 0 Å². The fourth-order valence-electron chi connectivity index (χ4n) is 2.02. The Balaban J connectivity index is 3.96. The number of sulfonamides is 1. The first kappa shape index (κ1) is 18.8. The van der Waals surface area contributed by atoms with Crippen LogP contribution >= 0.6 is 0 Å². The third kappa shape index (κ3) is 9.38. The Labute approximate surface area is 119 Å². The zero-order valence-electron chi connectivity index (χ0n) is 13.1. The number of hydrogen-bond donors (Lipinski definition) is 2. The maximum absolute atomic E-state index is 11.7. The molecule has 0 radical (unpaired) electrons. The van der Waals surface area contributed by atoms with E-state index < -0.39 is 10.0 Å². The minimum Gasteiger partial charge on any atom is -0.316 e. The Morgan fingerprint density at radius 2 is 1.58 bits per heavy atom. The van der Waals surface area contributed by atoms with E-state index in [9.17, 15) is 8.42 Å². The fourth-order valence-corrected chi connectivity index (χ4v) is 2.98. The first-order valence-corrected chi connectivity index (χ1v) is 8.89. The zero-order valence-corrected chi connectivity index (χ0v) is 13.9. The molecule has 19 heavy (non-hydrogen) atoms. The molecule has 0 fully saturated rings. The molecule has 0 bridgehead atoms. The van der Waals surface area contributed by atoms with E-state index in [1.165, 1.54) is 0 Å². The van der Waals surface area contributed by atoms with Crippen LogP contribution in [0.4, 0.5) is 0 Å². The highest BCUT2D eigenvalue weighted by Crippen LogP contribution is 2.03. The van der Waals surface area contributed by atoms with E-state index >= 15 is 0 Å². The van der Waals surface area contributed by atoms with Crippen LogP contribution in [0.1, 0.15) is 41.0 Å². The van der Waals surface area contributed by atoms with Crippen molar-refractivity contribution in [3.8, 4) is 0 Å². The van der Waals surface area contributed by atoms with Gasteiger partial charge in [-0.3, -0.25) is 4.90 Å². The normalized spacial score (nSPS) is 12.8. The van der Waals surface area contributed by atoms with Crippen LogP contribution < -0.4 is 10.0 Å². The van der Waals surface area contributed by atoms with Crippen LogP contribution in [-0.2, 0) is 10.0 Å². The van der Waals surface area contributed by atoms with Crippen LogP contribution in [-0.4, -0.2) is 57.3 Å². The van der Waals surface area contributed by atoms with E-state index in [2.05, 4.69) is 49.6 Å². The zero-order chi connectivity index (χ0) is 14.9. The lowest BCUT2D eigenvalue weighted by atomic mass is 10.2. The second-order valence-corrected chi connectivity index (χ2v) is 7.31. The number of hydrogen-bond acceptors (Lipinski definition) is 4. The lowest BCUT2D eigenvalue weighted by Crippen LogP contribution is -2.43. The Morgan fingerprint density at radius 1 is 1.00 bits per heavy atom. The highest BCUT2D eigenvalue weighted by molar-refractivity contribution is 7.89. The van der Waals surface area contributed by atoms with Crippen LogP contribution in [0.25, 0.3) is 0 Å². The third-order valence-electron chi connectivity index (χ3n) is 2.99. The molecule has 0 unspecified atom stereocenters. The molecule has 0 amide bonds. The summed E-state index contributed by atoms with van der Waals surface area (Å²) in [6.45, 7) is 13.2. The second-order valence-electron chi connectivity index (χ2n) is 5.39. The molecule has 0 spiro atoms. The molecule has 0 rings (SSSR count). The number of nitrogens with zero attached hydrogens (tertiary/aromatic N) is 1. The molecule has 0 aliphatic heterocycles. The van der Waals surface area contributed by atoms with Gasteiger partial charge >= 0.3 is 0 Å². The highest BCUT2D eigenvalue weighted by atomic mass is 32.2. The molecule has 6 heteroatoms. The number of rotatable bonds is 11. The van der Waals surface area contributed by atoms with Crippen LogP contribution in [0, 0.1) is 0 Å². The van der Waals surface area contributed by atoms with E-state index in [4.69, 9.17) is 0 Å². The van der Waals surface area contributed by atoms with Crippen molar-refractivity contribution < 1.29 is 8.42 Å². The molecule has 0 aromatic heterocycles. The standard InChI is InChI=1S/C13H31N3O2S/c1-6-7-14-9-11-19(17,18)15-8-10-16(12(2)3)13(4)5/h12-15H,6-11H2,1-5H3. The van der Waals surface area contributed by atoms with Crippen molar-refractivity contribution in [1.29, 1.82) is 0 Å². The smallest absolute Gasteiger partial charge is 0.212 e. The molecule has 0 aliphatic rings. The Hall–Kier alpha value is -0.170.